The lowest BCUT2D eigenvalue weighted by molar-refractivity contribution is -0.129. The van der Waals surface area contributed by atoms with Gasteiger partial charge in [0, 0.05) is 13.6 Å². The predicted octanol–water partition coefficient (Wildman–Crippen LogP) is 4.43. The maximum Gasteiger partial charge on any atom is 0.235 e. The highest BCUT2D eigenvalue weighted by atomic mass is 32.2. The number of methoxy groups -OCH3 is 1. The van der Waals surface area contributed by atoms with Crippen LogP contribution in [0.2, 0.25) is 0 Å². The second kappa shape index (κ2) is 9.57. The summed E-state index contributed by atoms with van der Waals surface area (Å²) in [5, 5.41) is 12.0. The molecule has 1 amide bonds. The van der Waals surface area contributed by atoms with Gasteiger partial charge in [-0.05, 0) is 24.6 Å². The minimum atomic E-state index is -0.249. The van der Waals surface area contributed by atoms with Crippen LogP contribution in [0.3, 0.4) is 0 Å². The van der Waals surface area contributed by atoms with Crippen molar-refractivity contribution >= 4 is 39.8 Å². The summed E-state index contributed by atoms with van der Waals surface area (Å²) in [7, 11) is 3.45. The van der Waals surface area contributed by atoms with Crippen LogP contribution in [0.25, 0.3) is 0 Å². The largest absolute Gasteiger partial charge is 0.495 e. The maximum atomic E-state index is 12.7. The molecule has 146 valence electrons. The van der Waals surface area contributed by atoms with Crippen LogP contribution in [0.4, 0.5) is 10.8 Å². The molecule has 0 spiro atoms. The van der Waals surface area contributed by atoms with E-state index in [0.717, 1.165) is 21.3 Å². The van der Waals surface area contributed by atoms with Gasteiger partial charge in [-0.25, -0.2) is 0 Å². The molecule has 1 aromatic heterocycles. The van der Waals surface area contributed by atoms with Crippen molar-refractivity contribution in [2.45, 2.75) is 23.1 Å². The van der Waals surface area contributed by atoms with Crippen molar-refractivity contribution in [1.29, 1.82) is 0 Å². The number of anilines is 2. The molecule has 8 heteroatoms. The van der Waals surface area contributed by atoms with Gasteiger partial charge < -0.3 is 15.0 Å². The molecule has 1 unspecified atom stereocenters. The van der Waals surface area contributed by atoms with Crippen LogP contribution in [0.15, 0.2) is 58.9 Å². The number of rotatable bonds is 8. The van der Waals surface area contributed by atoms with E-state index in [1.807, 2.05) is 68.6 Å². The molecule has 3 rings (SSSR count). The first-order chi connectivity index (χ1) is 13.6. The molecule has 1 N–H and O–H groups in total. The molecule has 6 nitrogen and oxygen atoms in total. The second-order valence-electron chi connectivity index (χ2n) is 6.14. The Bertz CT molecular complexity index is 917. The molecule has 0 fully saturated rings. The Labute approximate surface area is 172 Å². The lowest BCUT2D eigenvalue weighted by Crippen LogP contribution is -2.32. The fourth-order valence-corrected chi connectivity index (χ4v) is 4.64. The highest BCUT2D eigenvalue weighted by Crippen LogP contribution is 2.33. The summed E-state index contributed by atoms with van der Waals surface area (Å²) < 4.78 is 6.08. The molecule has 0 aliphatic heterocycles. The zero-order valence-corrected chi connectivity index (χ0v) is 17.6. The number of amides is 1. The van der Waals surface area contributed by atoms with Crippen molar-refractivity contribution < 1.29 is 9.53 Å². The molecular formula is C20H22N4O2S2. The average Bonchev–Trinajstić information content (AvgIpc) is 3.15. The number of hydrogen-bond acceptors (Lipinski definition) is 7. The third kappa shape index (κ3) is 5.24. The molecule has 0 saturated heterocycles. The van der Waals surface area contributed by atoms with E-state index in [4.69, 9.17) is 4.74 Å². The summed E-state index contributed by atoms with van der Waals surface area (Å²) in [6, 6.07) is 17.6. The highest BCUT2D eigenvalue weighted by molar-refractivity contribution is 8.02. The zero-order valence-electron chi connectivity index (χ0n) is 16.0. The Morgan fingerprint density at radius 1 is 1.18 bits per heavy atom. The van der Waals surface area contributed by atoms with E-state index in [1.165, 1.54) is 23.1 Å². The quantitative estimate of drug-likeness (QED) is 0.550. The van der Waals surface area contributed by atoms with Crippen molar-refractivity contribution in [2.24, 2.45) is 0 Å². The standard InChI is InChI=1S/C20H22N4O2S2/c1-14(18(25)24(2)13-15-9-5-4-6-10-15)27-20-23-22-19(28-20)21-16-11-7-8-12-17(16)26-3/h4-12,14H,13H2,1-3H3,(H,21,22). The molecule has 1 heterocycles. The third-order valence-corrected chi connectivity index (χ3v) is 6.03. The molecule has 0 bridgehead atoms. The molecule has 0 saturated carbocycles. The molecule has 3 aromatic rings. The van der Waals surface area contributed by atoms with Gasteiger partial charge in [-0.15, -0.1) is 10.2 Å². The predicted molar refractivity (Wildman–Crippen MR) is 114 cm³/mol. The zero-order chi connectivity index (χ0) is 19.9. The minimum absolute atomic E-state index is 0.0586. The number of nitrogens with zero attached hydrogens (tertiary/aromatic N) is 3. The van der Waals surface area contributed by atoms with Gasteiger partial charge in [0.2, 0.25) is 11.0 Å². The number of carbonyl (C=O) groups is 1. The van der Waals surface area contributed by atoms with Crippen LogP contribution in [-0.2, 0) is 11.3 Å². The van der Waals surface area contributed by atoms with Crippen molar-refractivity contribution in [1.82, 2.24) is 15.1 Å². The van der Waals surface area contributed by atoms with Crippen molar-refractivity contribution in [3.63, 3.8) is 0 Å². The normalized spacial score (nSPS) is 11.7. The molecule has 28 heavy (non-hydrogen) atoms. The van der Waals surface area contributed by atoms with E-state index in [9.17, 15) is 4.79 Å². The van der Waals surface area contributed by atoms with Gasteiger partial charge in [0.1, 0.15) is 5.75 Å². The Morgan fingerprint density at radius 3 is 2.64 bits per heavy atom. The van der Waals surface area contributed by atoms with E-state index in [-0.39, 0.29) is 11.2 Å². The van der Waals surface area contributed by atoms with Gasteiger partial charge in [-0.1, -0.05) is 65.6 Å². The number of para-hydroxylation sites is 2. The van der Waals surface area contributed by atoms with Gasteiger partial charge in [0.15, 0.2) is 4.34 Å². The SMILES string of the molecule is COc1ccccc1Nc1nnc(SC(C)C(=O)N(C)Cc2ccccc2)s1. The summed E-state index contributed by atoms with van der Waals surface area (Å²) in [5.74, 6) is 0.793. The number of benzene rings is 2. The van der Waals surface area contributed by atoms with Crippen LogP contribution >= 0.6 is 23.1 Å². The molecule has 0 aliphatic carbocycles. The number of nitrogens with one attached hydrogen (secondary N) is 1. The number of ether oxygens (including phenoxy) is 1. The Balaban J connectivity index is 1.58. The first kappa shape index (κ1) is 20.2. The minimum Gasteiger partial charge on any atom is -0.495 e. The van der Waals surface area contributed by atoms with Crippen LogP contribution in [0.1, 0.15) is 12.5 Å². The molecule has 2 aromatic carbocycles. The summed E-state index contributed by atoms with van der Waals surface area (Å²) >= 11 is 2.83. The van der Waals surface area contributed by atoms with Crippen molar-refractivity contribution in [3.05, 3.63) is 60.2 Å². The Kier molecular flexibility index (Phi) is 6.89. The van der Waals surface area contributed by atoms with E-state index in [1.54, 1.807) is 12.0 Å². The van der Waals surface area contributed by atoms with Gasteiger partial charge in [0.25, 0.3) is 0 Å². The summed E-state index contributed by atoms with van der Waals surface area (Å²) in [6.07, 6.45) is 0. The van der Waals surface area contributed by atoms with Gasteiger partial charge in [-0.2, -0.15) is 0 Å². The van der Waals surface area contributed by atoms with E-state index >= 15 is 0 Å². The summed E-state index contributed by atoms with van der Waals surface area (Å²) in [5.41, 5.74) is 1.93. The first-order valence-corrected chi connectivity index (χ1v) is 10.5. The van der Waals surface area contributed by atoms with Crippen molar-refractivity contribution in [2.75, 3.05) is 19.5 Å². The first-order valence-electron chi connectivity index (χ1n) is 8.76. The smallest absolute Gasteiger partial charge is 0.235 e. The van der Waals surface area contributed by atoms with Gasteiger partial charge >= 0.3 is 0 Å². The second-order valence-corrected chi connectivity index (χ2v) is 8.70. The van der Waals surface area contributed by atoms with Crippen molar-refractivity contribution in [3.8, 4) is 5.75 Å². The lowest BCUT2D eigenvalue weighted by atomic mass is 10.2. The lowest BCUT2D eigenvalue weighted by Gasteiger charge is -2.20. The van der Waals surface area contributed by atoms with Gasteiger partial charge in [0.05, 0.1) is 18.0 Å². The summed E-state index contributed by atoms with van der Waals surface area (Å²) in [6.45, 7) is 2.48. The maximum absolute atomic E-state index is 12.7. The third-order valence-electron chi connectivity index (χ3n) is 4.02. The van der Waals surface area contributed by atoms with Crippen LogP contribution in [0, 0.1) is 0 Å². The number of aromatic nitrogens is 2. The Morgan fingerprint density at radius 2 is 1.89 bits per heavy atom. The average molecular weight is 415 g/mol. The highest BCUT2D eigenvalue weighted by Gasteiger charge is 2.21. The fraction of sp³-hybridized carbons (Fsp3) is 0.250. The molecule has 0 aliphatic rings. The topological polar surface area (TPSA) is 67.3 Å². The van der Waals surface area contributed by atoms with E-state index < -0.39 is 0 Å². The molecule has 0 radical (unpaired) electrons. The molecule has 1 atom stereocenters. The number of thioether (sulfide) groups is 1. The molecular weight excluding hydrogens is 392 g/mol. The number of carbonyl (C=O) groups excluding carboxylic acids is 1. The monoisotopic (exact) mass is 414 g/mol. The van der Waals surface area contributed by atoms with Crippen LogP contribution in [0.5, 0.6) is 5.75 Å². The van der Waals surface area contributed by atoms with Crippen LogP contribution in [-0.4, -0.2) is 40.4 Å². The number of hydrogen-bond donors (Lipinski definition) is 1. The summed E-state index contributed by atoms with van der Waals surface area (Å²) in [4.78, 5) is 14.4. The Hall–Kier alpha value is -2.58. The fourth-order valence-electron chi connectivity index (χ4n) is 2.62. The van der Waals surface area contributed by atoms with Gasteiger partial charge in [-0.3, -0.25) is 4.79 Å². The van der Waals surface area contributed by atoms with Crippen LogP contribution < -0.4 is 10.1 Å². The van der Waals surface area contributed by atoms with E-state index in [0.29, 0.717) is 11.7 Å². The van der Waals surface area contributed by atoms with E-state index in [2.05, 4.69) is 15.5 Å².